The van der Waals surface area contributed by atoms with Gasteiger partial charge < -0.3 is 10.1 Å². The number of hydrogen-bond acceptors (Lipinski definition) is 5. The van der Waals surface area contributed by atoms with Crippen molar-refractivity contribution in [1.29, 1.82) is 0 Å². The fourth-order valence-electron chi connectivity index (χ4n) is 2.54. The molecule has 0 saturated carbocycles. The number of benzene rings is 1. The zero-order valence-corrected chi connectivity index (χ0v) is 15.9. The summed E-state index contributed by atoms with van der Waals surface area (Å²) >= 11 is 5.78. The molecule has 0 atom stereocenters. The lowest BCUT2D eigenvalue weighted by molar-refractivity contribution is -0.144. The molecule has 0 fully saturated rings. The molecule has 1 amide bonds. The van der Waals surface area contributed by atoms with Gasteiger partial charge >= 0.3 is 5.97 Å². The highest BCUT2D eigenvalue weighted by Crippen LogP contribution is 2.09. The summed E-state index contributed by atoms with van der Waals surface area (Å²) in [5.41, 5.74) is 2.04. The molecule has 0 spiro atoms. The Bertz CT molecular complexity index is 1080. The van der Waals surface area contributed by atoms with Crippen molar-refractivity contribution in [2.45, 2.75) is 20.0 Å². The summed E-state index contributed by atoms with van der Waals surface area (Å²) in [6, 6.07) is 11.4. The normalized spacial score (nSPS) is 10.6. The van der Waals surface area contributed by atoms with Gasteiger partial charge in [0.15, 0.2) is 0 Å². The predicted molar refractivity (Wildman–Crippen MR) is 104 cm³/mol. The van der Waals surface area contributed by atoms with Crippen LogP contribution in [0.5, 0.6) is 0 Å². The molecule has 0 aliphatic heterocycles. The standard InChI is InChI=1S/C20H18ClN3O4/c1-13-7-9-24-17(10-13)23-16(11-18(24)25)12-28-19(26)6-8-22-20(27)14-2-4-15(21)5-3-14/h2-5,7,9-11H,6,8,12H2,1H3,(H,22,27). The fourth-order valence-corrected chi connectivity index (χ4v) is 2.66. The Labute approximate surface area is 165 Å². The van der Waals surface area contributed by atoms with Crippen molar-refractivity contribution in [2.24, 2.45) is 0 Å². The van der Waals surface area contributed by atoms with Gasteiger partial charge in [0.05, 0.1) is 12.1 Å². The highest BCUT2D eigenvalue weighted by Gasteiger charge is 2.09. The number of esters is 1. The molecule has 28 heavy (non-hydrogen) atoms. The van der Waals surface area contributed by atoms with Gasteiger partial charge in [-0.1, -0.05) is 11.6 Å². The smallest absolute Gasteiger partial charge is 0.307 e. The zero-order chi connectivity index (χ0) is 20.1. The first-order chi connectivity index (χ1) is 13.4. The van der Waals surface area contributed by atoms with Gasteiger partial charge in [-0.3, -0.25) is 18.8 Å². The maximum absolute atomic E-state index is 12.1. The Balaban J connectivity index is 1.50. The molecule has 0 radical (unpaired) electrons. The second-order valence-electron chi connectivity index (χ2n) is 6.19. The number of aromatic nitrogens is 2. The van der Waals surface area contributed by atoms with Crippen LogP contribution < -0.4 is 10.9 Å². The molecule has 1 aromatic carbocycles. The minimum absolute atomic E-state index is 0.00496. The van der Waals surface area contributed by atoms with Crippen LogP contribution in [0.1, 0.15) is 28.0 Å². The molecule has 1 N–H and O–H groups in total. The Kier molecular flexibility index (Phi) is 6.06. The second-order valence-corrected chi connectivity index (χ2v) is 6.63. The van der Waals surface area contributed by atoms with E-state index in [1.807, 2.05) is 13.0 Å². The molecule has 3 rings (SSSR count). The number of pyridine rings is 1. The van der Waals surface area contributed by atoms with E-state index in [2.05, 4.69) is 10.3 Å². The zero-order valence-electron chi connectivity index (χ0n) is 15.1. The van der Waals surface area contributed by atoms with Crippen LogP contribution in [0.4, 0.5) is 0 Å². The van der Waals surface area contributed by atoms with Crippen molar-refractivity contribution in [3.05, 3.63) is 80.9 Å². The van der Waals surface area contributed by atoms with Gasteiger partial charge in [-0.15, -0.1) is 0 Å². The van der Waals surface area contributed by atoms with E-state index in [1.165, 1.54) is 10.5 Å². The lowest BCUT2D eigenvalue weighted by Crippen LogP contribution is -2.26. The van der Waals surface area contributed by atoms with Crippen molar-refractivity contribution in [2.75, 3.05) is 6.54 Å². The quantitative estimate of drug-likeness (QED) is 0.643. The first-order valence-corrected chi connectivity index (χ1v) is 8.98. The number of ether oxygens (including phenoxy) is 1. The number of amides is 1. The molecule has 8 heteroatoms. The number of nitrogens with zero attached hydrogens (tertiary/aromatic N) is 2. The SMILES string of the molecule is Cc1ccn2c(=O)cc(COC(=O)CCNC(=O)c3ccc(Cl)cc3)nc2c1. The maximum Gasteiger partial charge on any atom is 0.307 e. The van der Waals surface area contributed by atoms with Crippen LogP contribution in [0.2, 0.25) is 5.02 Å². The minimum atomic E-state index is -0.498. The van der Waals surface area contributed by atoms with Gasteiger partial charge in [-0.05, 0) is 48.9 Å². The summed E-state index contributed by atoms with van der Waals surface area (Å²) in [5.74, 6) is -0.799. The first-order valence-electron chi connectivity index (χ1n) is 8.61. The number of halogens is 1. The lowest BCUT2D eigenvalue weighted by Gasteiger charge is -2.07. The molecule has 0 aliphatic rings. The number of aryl methyl sites for hydroxylation is 1. The third-order valence-corrected chi connectivity index (χ3v) is 4.23. The van der Waals surface area contributed by atoms with Crippen LogP contribution in [0.25, 0.3) is 5.65 Å². The van der Waals surface area contributed by atoms with Crippen molar-refractivity contribution >= 4 is 29.1 Å². The largest absolute Gasteiger partial charge is 0.459 e. The predicted octanol–water partition coefficient (Wildman–Crippen LogP) is 2.52. The average molecular weight is 400 g/mol. The third-order valence-electron chi connectivity index (χ3n) is 3.98. The average Bonchev–Trinajstić information content (AvgIpc) is 2.66. The third kappa shape index (κ3) is 4.95. The van der Waals surface area contributed by atoms with Crippen molar-refractivity contribution in [3.63, 3.8) is 0 Å². The number of fused-ring (bicyclic) bond motifs is 1. The Morgan fingerprint density at radius 2 is 1.93 bits per heavy atom. The summed E-state index contributed by atoms with van der Waals surface area (Å²) < 4.78 is 6.57. The number of nitrogens with one attached hydrogen (secondary N) is 1. The van der Waals surface area contributed by atoms with Gasteiger partial charge in [0.2, 0.25) is 0 Å². The van der Waals surface area contributed by atoms with E-state index in [1.54, 1.807) is 36.5 Å². The molecule has 0 saturated heterocycles. The van der Waals surface area contributed by atoms with Gasteiger partial charge in [0, 0.05) is 29.4 Å². The van der Waals surface area contributed by atoms with E-state index in [-0.39, 0.29) is 31.0 Å². The second kappa shape index (κ2) is 8.67. The van der Waals surface area contributed by atoms with E-state index >= 15 is 0 Å². The Morgan fingerprint density at radius 3 is 2.68 bits per heavy atom. The molecular weight excluding hydrogens is 382 g/mol. The van der Waals surface area contributed by atoms with Gasteiger partial charge in [-0.25, -0.2) is 4.98 Å². The van der Waals surface area contributed by atoms with Gasteiger partial charge in [0.1, 0.15) is 12.3 Å². The number of hydrogen-bond donors (Lipinski definition) is 1. The highest BCUT2D eigenvalue weighted by molar-refractivity contribution is 6.30. The molecule has 7 nitrogen and oxygen atoms in total. The Hall–Kier alpha value is -3.19. The molecule has 144 valence electrons. The van der Waals surface area contributed by atoms with Crippen molar-refractivity contribution < 1.29 is 14.3 Å². The molecule has 0 aliphatic carbocycles. The number of carbonyl (C=O) groups is 2. The molecule has 0 bridgehead atoms. The van der Waals surface area contributed by atoms with Crippen molar-refractivity contribution in [1.82, 2.24) is 14.7 Å². The topological polar surface area (TPSA) is 89.8 Å². The molecular formula is C20H18ClN3O4. The number of rotatable bonds is 6. The minimum Gasteiger partial charge on any atom is -0.459 e. The molecule has 2 aromatic heterocycles. The molecule has 2 heterocycles. The molecule has 0 unspecified atom stereocenters. The lowest BCUT2D eigenvalue weighted by atomic mass is 10.2. The van der Waals surface area contributed by atoms with E-state index in [9.17, 15) is 14.4 Å². The molecule has 3 aromatic rings. The summed E-state index contributed by atoms with van der Waals surface area (Å²) in [6.45, 7) is 1.92. The number of carbonyl (C=O) groups excluding carboxylic acids is 2. The van der Waals surface area contributed by atoms with Crippen LogP contribution in [0, 0.1) is 6.92 Å². The maximum atomic E-state index is 12.1. The van der Waals surface area contributed by atoms with Crippen LogP contribution in [0.3, 0.4) is 0 Å². The van der Waals surface area contributed by atoms with E-state index < -0.39 is 5.97 Å². The van der Waals surface area contributed by atoms with Gasteiger partial charge in [0.25, 0.3) is 11.5 Å². The summed E-state index contributed by atoms with van der Waals surface area (Å²) in [4.78, 5) is 40.2. The van der Waals surface area contributed by atoms with Crippen LogP contribution in [-0.4, -0.2) is 27.8 Å². The van der Waals surface area contributed by atoms with E-state index in [0.29, 0.717) is 21.9 Å². The van der Waals surface area contributed by atoms with Crippen LogP contribution in [-0.2, 0) is 16.1 Å². The van der Waals surface area contributed by atoms with E-state index in [4.69, 9.17) is 16.3 Å². The van der Waals surface area contributed by atoms with Gasteiger partial charge in [-0.2, -0.15) is 0 Å². The monoisotopic (exact) mass is 399 g/mol. The summed E-state index contributed by atoms with van der Waals surface area (Å²) in [7, 11) is 0. The van der Waals surface area contributed by atoms with Crippen molar-refractivity contribution in [3.8, 4) is 0 Å². The van der Waals surface area contributed by atoms with Crippen LogP contribution in [0.15, 0.2) is 53.5 Å². The first kappa shape index (κ1) is 19.6. The van der Waals surface area contributed by atoms with Crippen LogP contribution >= 0.6 is 11.6 Å². The Morgan fingerprint density at radius 1 is 1.18 bits per heavy atom. The summed E-state index contributed by atoms with van der Waals surface area (Å²) in [6.07, 6.45) is 1.66. The highest BCUT2D eigenvalue weighted by atomic mass is 35.5. The summed E-state index contributed by atoms with van der Waals surface area (Å²) in [5, 5.41) is 3.17. The van der Waals surface area contributed by atoms with E-state index in [0.717, 1.165) is 5.56 Å². The fraction of sp³-hybridized carbons (Fsp3) is 0.200.